The van der Waals surface area contributed by atoms with E-state index in [1.807, 2.05) is 18.2 Å². The van der Waals surface area contributed by atoms with Gasteiger partial charge in [-0.3, -0.25) is 14.7 Å². The van der Waals surface area contributed by atoms with Gasteiger partial charge in [-0.25, -0.2) is 0 Å². The normalized spacial score (nSPS) is 15.7. The van der Waals surface area contributed by atoms with E-state index in [9.17, 15) is 9.90 Å². The molecule has 5 nitrogen and oxygen atoms in total. The van der Waals surface area contributed by atoms with Crippen molar-refractivity contribution in [2.45, 2.75) is 6.54 Å². The number of aromatic nitrogens is 1. The van der Waals surface area contributed by atoms with Crippen LogP contribution in [0.4, 0.5) is 0 Å². The maximum Gasteiger partial charge on any atom is 0.185 e. The van der Waals surface area contributed by atoms with Gasteiger partial charge in [0.1, 0.15) is 5.75 Å². The number of morpholine rings is 1. The van der Waals surface area contributed by atoms with Crippen molar-refractivity contribution in [2.24, 2.45) is 0 Å². The van der Waals surface area contributed by atoms with E-state index in [4.69, 9.17) is 4.74 Å². The second kappa shape index (κ2) is 7.86. The van der Waals surface area contributed by atoms with E-state index < -0.39 is 0 Å². The van der Waals surface area contributed by atoms with E-state index in [0.717, 1.165) is 37.4 Å². The highest BCUT2D eigenvalue weighted by atomic mass is 16.5. The minimum atomic E-state index is -0.146. The van der Waals surface area contributed by atoms with Crippen LogP contribution in [0.15, 0.2) is 48.8 Å². The zero-order valence-electron chi connectivity index (χ0n) is 13.4. The molecule has 124 valence electrons. The van der Waals surface area contributed by atoms with E-state index in [-0.39, 0.29) is 11.5 Å². The van der Waals surface area contributed by atoms with Gasteiger partial charge in [0.15, 0.2) is 5.78 Å². The number of benzene rings is 1. The molecule has 0 spiro atoms. The number of aromatic hydroxyl groups is 1. The summed E-state index contributed by atoms with van der Waals surface area (Å²) in [6.45, 7) is 3.81. The Morgan fingerprint density at radius 1 is 1.29 bits per heavy atom. The summed E-state index contributed by atoms with van der Waals surface area (Å²) in [5.74, 6) is 0.00851. The molecule has 0 aliphatic carbocycles. The first-order chi connectivity index (χ1) is 11.7. The van der Waals surface area contributed by atoms with Crippen molar-refractivity contribution in [1.82, 2.24) is 9.88 Å². The van der Waals surface area contributed by atoms with Crippen LogP contribution in [0, 0.1) is 0 Å². The fourth-order valence-corrected chi connectivity index (χ4v) is 2.59. The van der Waals surface area contributed by atoms with Crippen LogP contribution in [0.1, 0.15) is 21.5 Å². The van der Waals surface area contributed by atoms with Gasteiger partial charge >= 0.3 is 0 Å². The van der Waals surface area contributed by atoms with E-state index in [1.165, 1.54) is 12.1 Å². The summed E-state index contributed by atoms with van der Waals surface area (Å²) >= 11 is 0. The molecule has 0 saturated carbocycles. The van der Waals surface area contributed by atoms with E-state index in [1.54, 1.807) is 24.5 Å². The molecule has 0 bridgehead atoms. The lowest BCUT2D eigenvalue weighted by Crippen LogP contribution is -2.35. The van der Waals surface area contributed by atoms with Crippen molar-refractivity contribution in [3.8, 4) is 5.75 Å². The quantitative estimate of drug-likeness (QED) is 0.676. The van der Waals surface area contributed by atoms with Crippen LogP contribution < -0.4 is 0 Å². The zero-order chi connectivity index (χ0) is 16.8. The third-order valence-corrected chi connectivity index (χ3v) is 3.98. The van der Waals surface area contributed by atoms with E-state index >= 15 is 0 Å². The van der Waals surface area contributed by atoms with Crippen LogP contribution in [0.2, 0.25) is 0 Å². The number of ketones is 1. The molecule has 1 aromatic carbocycles. The maximum absolute atomic E-state index is 12.2. The van der Waals surface area contributed by atoms with Gasteiger partial charge in [-0.05, 0) is 29.8 Å². The zero-order valence-corrected chi connectivity index (χ0v) is 13.4. The summed E-state index contributed by atoms with van der Waals surface area (Å²) in [6, 6.07) is 8.79. The number of carbonyl (C=O) groups excluding carboxylic acids is 1. The number of rotatable bonds is 5. The fraction of sp³-hybridized carbons (Fsp3) is 0.263. The molecule has 0 radical (unpaired) electrons. The summed E-state index contributed by atoms with van der Waals surface area (Å²) in [6.07, 6.45) is 6.58. The highest BCUT2D eigenvalue weighted by Gasteiger charge is 2.14. The van der Waals surface area contributed by atoms with Gasteiger partial charge in [-0.15, -0.1) is 0 Å². The van der Waals surface area contributed by atoms with Crippen molar-refractivity contribution < 1.29 is 14.6 Å². The Morgan fingerprint density at radius 2 is 2.12 bits per heavy atom. The van der Waals surface area contributed by atoms with Crippen molar-refractivity contribution >= 4 is 11.9 Å². The second-order valence-electron chi connectivity index (χ2n) is 5.72. The Balaban J connectivity index is 1.67. The maximum atomic E-state index is 12.2. The molecule has 2 heterocycles. The van der Waals surface area contributed by atoms with Crippen LogP contribution in [0.25, 0.3) is 6.08 Å². The highest BCUT2D eigenvalue weighted by Crippen LogP contribution is 2.21. The number of hydrogen-bond acceptors (Lipinski definition) is 5. The molecule has 2 aromatic rings. The molecule has 0 unspecified atom stereocenters. The average molecular weight is 324 g/mol. The lowest BCUT2D eigenvalue weighted by atomic mass is 10.1. The lowest BCUT2D eigenvalue weighted by molar-refractivity contribution is 0.0339. The SMILES string of the molecule is O=C(/C=C/c1cccnc1)c1ccc(CN2CCOCC2)c(O)c1. The van der Waals surface area contributed by atoms with Gasteiger partial charge in [0.05, 0.1) is 13.2 Å². The topological polar surface area (TPSA) is 62.7 Å². The lowest BCUT2D eigenvalue weighted by Gasteiger charge is -2.26. The molecule has 5 heteroatoms. The smallest absolute Gasteiger partial charge is 0.185 e. The minimum Gasteiger partial charge on any atom is -0.508 e. The van der Waals surface area contributed by atoms with Gasteiger partial charge in [0, 0.05) is 43.2 Å². The molecular formula is C19H20N2O3. The molecule has 0 atom stereocenters. The standard InChI is InChI=1S/C19H20N2O3/c22-18(6-3-15-2-1-7-20-13-15)16-4-5-17(19(23)12-16)14-21-8-10-24-11-9-21/h1-7,12-13,23H,8-11,14H2/b6-3+. The van der Waals surface area contributed by atoms with Gasteiger partial charge in [-0.1, -0.05) is 18.2 Å². The summed E-state index contributed by atoms with van der Waals surface area (Å²) in [4.78, 5) is 18.5. The number of ether oxygens (including phenoxy) is 1. The molecule has 1 aromatic heterocycles. The van der Waals surface area contributed by atoms with Crippen LogP contribution in [0.5, 0.6) is 5.75 Å². The Kier molecular flexibility index (Phi) is 5.36. The molecule has 0 amide bonds. The van der Waals surface area contributed by atoms with Gasteiger partial charge < -0.3 is 9.84 Å². The molecule has 3 rings (SSSR count). The third-order valence-electron chi connectivity index (χ3n) is 3.98. The van der Waals surface area contributed by atoms with Crippen LogP contribution >= 0.6 is 0 Å². The first-order valence-corrected chi connectivity index (χ1v) is 7.97. The number of carbonyl (C=O) groups is 1. The van der Waals surface area contributed by atoms with Gasteiger partial charge in [-0.2, -0.15) is 0 Å². The molecule has 1 saturated heterocycles. The molecule has 1 aliphatic rings. The summed E-state index contributed by atoms with van der Waals surface area (Å²) in [7, 11) is 0. The monoisotopic (exact) mass is 324 g/mol. The van der Waals surface area contributed by atoms with Crippen molar-refractivity contribution in [3.05, 3.63) is 65.5 Å². The Morgan fingerprint density at radius 3 is 2.83 bits per heavy atom. The predicted molar refractivity (Wildman–Crippen MR) is 91.8 cm³/mol. The summed E-state index contributed by atoms with van der Waals surface area (Å²) in [5.41, 5.74) is 2.15. The number of allylic oxidation sites excluding steroid dienone is 1. The Hall–Kier alpha value is -2.50. The van der Waals surface area contributed by atoms with Crippen molar-refractivity contribution in [2.75, 3.05) is 26.3 Å². The van der Waals surface area contributed by atoms with E-state index in [0.29, 0.717) is 12.1 Å². The molecule has 1 N–H and O–H groups in total. The van der Waals surface area contributed by atoms with Crippen molar-refractivity contribution in [1.29, 1.82) is 0 Å². The number of phenols is 1. The molecule has 24 heavy (non-hydrogen) atoms. The number of pyridine rings is 1. The van der Waals surface area contributed by atoms with E-state index in [2.05, 4.69) is 9.88 Å². The van der Waals surface area contributed by atoms with Crippen molar-refractivity contribution in [3.63, 3.8) is 0 Å². The number of nitrogens with zero attached hydrogens (tertiary/aromatic N) is 2. The predicted octanol–water partition coefficient (Wildman–Crippen LogP) is 2.52. The largest absolute Gasteiger partial charge is 0.508 e. The second-order valence-corrected chi connectivity index (χ2v) is 5.72. The third kappa shape index (κ3) is 4.28. The van der Waals surface area contributed by atoms with Gasteiger partial charge in [0.25, 0.3) is 0 Å². The molecule has 1 fully saturated rings. The highest BCUT2D eigenvalue weighted by molar-refractivity contribution is 6.07. The van der Waals surface area contributed by atoms with Crippen LogP contribution in [-0.2, 0) is 11.3 Å². The van der Waals surface area contributed by atoms with Crippen LogP contribution in [-0.4, -0.2) is 47.1 Å². The van der Waals surface area contributed by atoms with Gasteiger partial charge in [0.2, 0.25) is 0 Å². The average Bonchev–Trinajstić information content (AvgIpc) is 2.63. The molecule has 1 aliphatic heterocycles. The summed E-state index contributed by atoms with van der Waals surface area (Å²) < 4.78 is 5.32. The van der Waals surface area contributed by atoms with Crippen LogP contribution in [0.3, 0.4) is 0 Å². The fourth-order valence-electron chi connectivity index (χ4n) is 2.59. The minimum absolute atomic E-state index is 0.146. The first-order valence-electron chi connectivity index (χ1n) is 7.97. The first kappa shape index (κ1) is 16.4. The molecular weight excluding hydrogens is 304 g/mol. The Bertz CT molecular complexity index is 723. The number of hydrogen-bond donors (Lipinski definition) is 1. The summed E-state index contributed by atoms with van der Waals surface area (Å²) in [5, 5.41) is 10.2. The Labute approximate surface area is 141 Å². The number of phenolic OH excluding ortho intramolecular Hbond substituents is 1.